The molecule has 0 N–H and O–H groups in total. The zero-order valence-electron chi connectivity index (χ0n) is 29.7. The summed E-state index contributed by atoms with van der Waals surface area (Å²) >= 11 is 0. The molecule has 1 spiro atoms. The number of furan rings is 1. The molecule has 252 valence electrons. The van der Waals surface area contributed by atoms with E-state index >= 15 is 0 Å². The number of anilines is 3. The van der Waals surface area contributed by atoms with Gasteiger partial charge in [-0.2, -0.15) is 0 Å². The molecular formula is C52H33NO. The third-order valence-electron chi connectivity index (χ3n) is 12.2. The van der Waals surface area contributed by atoms with E-state index < -0.39 is 5.41 Å². The van der Waals surface area contributed by atoms with Crippen LogP contribution in [0.25, 0.3) is 65.7 Å². The highest BCUT2D eigenvalue weighted by molar-refractivity contribution is 6.20. The van der Waals surface area contributed by atoms with Crippen LogP contribution in [0.15, 0.2) is 186 Å². The van der Waals surface area contributed by atoms with Crippen LogP contribution in [0.5, 0.6) is 0 Å². The summed E-state index contributed by atoms with van der Waals surface area (Å²) in [6.45, 7) is 2.18. The summed E-state index contributed by atoms with van der Waals surface area (Å²) in [6.07, 6.45) is 0. The Labute approximate surface area is 313 Å². The highest BCUT2D eigenvalue weighted by atomic mass is 16.3. The Balaban J connectivity index is 1.20. The van der Waals surface area contributed by atoms with E-state index in [0.29, 0.717) is 0 Å². The lowest BCUT2D eigenvalue weighted by Crippen LogP contribution is -2.26. The van der Waals surface area contributed by atoms with Crippen molar-refractivity contribution in [3.8, 4) is 22.3 Å². The van der Waals surface area contributed by atoms with Gasteiger partial charge in [0, 0.05) is 32.9 Å². The molecule has 0 amide bonds. The zero-order chi connectivity index (χ0) is 35.5. The first-order valence-corrected chi connectivity index (χ1v) is 18.8. The van der Waals surface area contributed by atoms with Crippen molar-refractivity contribution in [2.75, 3.05) is 4.90 Å². The second-order valence-electron chi connectivity index (χ2n) is 14.9. The summed E-state index contributed by atoms with van der Waals surface area (Å²) in [6, 6.07) is 67.2. The minimum atomic E-state index is -0.436. The van der Waals surface area contributed by atoms with Gasteiger partial charge in [0.1, 0.15) is 11.2 Å². The smallest absolute Gasteiger partial charge is 0.143 e. The molecule has 1 heterocycles. The van der Waals surface area contributed by atoms with E-state index in [1.54, 1.807) is 0 Å². The fourth-order valence-electron chi connectivity index (χ4n) is 9.96. The Morgan fingerprint density at radius 3 is 1.72 bits per heavy atom. The predicted molar refractivity (Wildman–Crippen MR) is 224 cm³/mol. The van der Waals surface area contributed by atoms with Gasteiger partial charge in [-0.3, -0.25) is 0 Å². The van der Waals surface area contributed by atoms with Crippen molar-refractivity contribution in [3.63, 3.8) is 0 Å². The van der Waals surface area contributed by atoms with E-state index in [4.69, 9.17) is 4.42 Å². The average molecular weight is 688 g/mol. The fourth-order valence-corrected chi connectivity index (χ4v) is 9.96. The number of hydrogen-bond donors (Lipinski definition) is 0. The maximum Gasteiger partial charge on any atom is 0.143 e. The van der Waals surface area contributed by atoms with Crippen molar-refractivity contribution in [3.05, 3.63) is 210 Å². The molecule has 0 saturated carbocycles. The highest BCUT2D eigenvalue weighted by Gasteiger charge is 2.51. The van der Waals surface area contributed by atoms with Gasteiger partial charge in [-0.15, -0.1) is 0 Å². The van der Waals surface area contributed by atoms with Crippen LogP contribution in [0.3, 0.4) is 0 Å². The van der Waals surface area contributed by atoms with Crippen LogP contribution in [0.2, 0.25) is 0 Å². The molecule has 54 heavy (non-hydrogen) atoms. The normalized spacial score (nSPS) is 13.4. The first-order valence-electron chi connectivity index (χ1n) is 18.8. The minimum Gasteiger partial charge on any atom is -0.455 e. The lowest BCUT2D eigenvalue weighted by Gasteiger charge is -2.32. The molecule has 2 nitrogen and oxygen atoms in total. The molecule has 2 heteroatoms. The van der Waals surface area contributed by atoms with E-state index in [2.05, 4.69) is 194 Å². The van der Waals surface area contributed by atoms with Crippen molar-refractivity contribution >= 4 is 60.5 Å². The molecule has 9 aromatic carbocycles. The topological polar surface area (TPSA) is 16.4 Å². The molecule has 1 aromatic heterocycles. The Morgan fingerprint density at radius 2 is 1.00 bits per heavy atom. The van der Waals surface area contributed by atoms with Crippen LogP contribution in [-0.4, -0.2) is 0 Å². The van der Waals surface area contributed by atoms with Gasteiger partial charge in [0.2, 0.25) is 0 Å². The van der Waals surface area contributed by atoms with Crippen LogP contribution in [-0.2, 0) is 5.41 Å². The van der Waals surface area contributed by atoms with E-state index in [1.165, 1.54) is 66.2 Å². The van der Waals surface area contributed by atoms with Gasteiger partial charge < -0.3 is 9.32 Å². The summed E-state index contributed by atoms with van der Waals surface area (Å²) in [5.41, 5.74) is 16.5. The van der Waals surface area contributed by atoms with E-state index in [9.17, 15) is 0 Å². The number of nitrogens with zero attached hydrogens (tertiary/aromatic N) is 1. The van der Waals surface area contributed by atoms with E-state index in [0.717, 1.165) is 44.4 Å². The Morgan fingerprint density at radius 1 is 0.426 bits per heavy atom. The molecule has 2 aliphatic rings. The molecule has 0 bridgehead atoms. The Kier molecular flexibility index (Phi) is 5.94. The van der Waals surface area contributed by atoms with Gasteiger partial charge in [0.15, 0.2) is 0 Å². The molecule has 0 radical (unpaired) electrons. The lowest BCUT2D eigenvalue weighted by atomic mass is 9.70. The number of fused-ring (bicyclic) bond motifs is 16. The third-order valence-corrected chi connectivity index (χ3v) is 12.2. The van der Waals surface area contributed by atoms with Crippen molar-refractivity contribution in [1.29, 1.82) is 0 Å². The van der Waals surface area contributed by atoms with E-state index in [-0.39, 0.29) is 0 Å². The van der Waals surface area contributed by atoms with Crippen molar-refractivity contribution in [1.82, 2.24) is 0 Å². The summed E-state index contributed by atoms with van der Waals surface area (Å²) in [7, 11) is 0. The Bertz CT molecular complexity index is 3140. The molecule has 12 rings (SSSR count). The molecule has 0 atom stereocenters. The first-order chi connectivity index (χ1) is 26.7. The Hall–Kier alpha value is -6.90. The summed E-state index contributed by atoms with van der Waals surface area (Å²) < 4.78 is 6.66. The van der Waals surface area contributed by atoms with Crippen molar-refractivity contribution in [2.24, 2.45) is 0 Å². The number of rotatable bonds is 3. The summed E-state index contributed by atoms with van der Waals surface area (Å²) in [4.78, 5) is 2.48. The van der Waals surface area contributed by atoms with E-state index in [1.807, 2.05) is 0 Å². The fraction of sp³-hybridized carbons (Fsp3) is 0.0385. The number of hydrogen-bond acceptors (Lipinski definition) is 2. The summed E-state index contributed by atoms with van der Waals surface area (Å²) in [5, 5.41) is 6.98. The van der Waals surface area contributed by atoms with Crippen molar-refractivity contribution in [2.45, 2.75) is 12.3 Å². The molecule has 0 unspecified atom stereocenters. The van der Waals surface area contributed by atoms with Crippen molar-refractivity contribution < 1.29 is 4.42 Å². The lowest BCUT2D eigenvalue weighted by molar-refractivity contribution is 0.672. The van der Waals surface area contributed by atoms with Gasteiger partial charge in [-0.25, -0.2) is 0 Å². The standard InChI is InChI=1S/C52H33NO/c1-32-13-12-24-49-50(32)43-31-48(41-19-4-5-20-42(41)51(43)54-49)53(35-26-25-33-14-2-3-15-34(33)29-35)36-27-28-40-39-18-8-11-23-46(39)52(47(40)30-36)44-21-9-6-16-37(44)38-17-7-10-22-45(38)52/h2-31H,1H3. The molecule has 10 aromatic rings. The zero-order valence-corrected chi connectivity index (χ0v) is 29.7. The molecule has 0 saturated heterocycles. The van der Waals surface area contributed by atoms with Gasteiger partial charge in [-0.1, -0.05) is 146 Å². The van der Waals surface area contributed by atoms with Gasteiger partial charge in [0.05, 0.1) is 11.1 Å². The van der Waals surface area contributed by atoms with Crippen LogP contribution >= 0.6 is 0 Å². The first kappa shape index (κ1) is 29.7. The minimum absolute atomic E-state index is 0.436. The maximum atomic E-state index is 6.66. The molecule has 0 fully saturated rings. The number of benzene rings is 9. The monoisotopic (exact) mass is 687 g/mol. The maximum absolute atomic E-state index is 6.66. The van der Waals surface area contributed by atoms with Crippen LogP contribution in [0, 0.1) is 6.92 Å². The van der Waals surface area contributed by atoms with Gasteiger partial charge in [-0.05, 0) is 104 Å². The predicted octanol–water partition coefficient (Wildman–Crippen LogP) is 14.0. The number of aryl methyl sites for hydroxylation is 1. The van der Waals surface area contributed by atoms with Gasteiger partial charge in [0.25, 0.3) is 0 Å². The molecule has 2 aliphatic carbocycles. The average Bonchev–Trinajstić information content (AvgIpc) is 3.86. The quantitative estimate of drug-likeness (QED) is 0.184. The second kappa shape index (κ2) is 10.8. The SMILES string of the molecule is Cc1cccc2oc3c4ccccc4c(N(c4ccc5c(c4)C4(c6ccccc6-c6ccccc64)c4ccccc4-5)c4ccc5ccccc5c4)cc3c12. The van der Waals surface area contributed by atoms with Crippen LogP contribution in [0.4, 0.5) is 17.1 Å². The highest BCUT2D eigenvalue weighted by Crippen LogP contribution is 2.63. The molecular weight excluding hydrogens is 655 g/mol. The van der Waals surface area contributed by atoms with Gasteiger partial charge >= 0.3 is 0 Å². The summed E-state index contributed by atoms with van der Waals surface area (Å²) in [5.74, 6) is 0. The second-order valence-corrected chi connectivity index (χ2v) is 14.9. The third kappa shape index (κ3) is 3.79. The van der Waals surface area contributed by atoms with Crippen LogP contribution < -0.4 is 4.90 Å². The van der Waals surface area contributed by atoms with Crippen LogP contribution in [0.1, 0.15) is 27.8 Å². The largest absolute Gasteiger partial charge is 0.455 e. The molecule has 0 aliphatic heterocycles.